The van der Waals surface area contributed by atoms with Gasteiger partial charge in [0.1, 0.15) is 12.9 Å². The van der Waals surface area contributed by atoms with Crippen molar-refractivity contribution in [1.82, 2.24) is 29.8 Å². The Kier molecular flexibility index (Phi) is 3.03. The SMILES string of the molecule is OCc1nncn1CCCn1ccnn1. The molecule has 1 N–H and O–H groups in total. The van der Waals surface area contributed by atoms with Crippen LogP contribution in [0.4, 0.5) is 0 Å². The molecule has 7 nitrogen and oxygen atoms in total. The Labute approximate surface area is 86.4 Å². The van der Waals surface area contributed by atoms with Crippen LogP contribution < -0.4 is 0 Å². The minimum Gasteiger partial charge on any atom is -0.388 e. The number of aliphatic hydroxyl groups excluding tert-OH is 1. The summed E-state index contributed by atoms with van der Waals surface area (Å²) in [5, 5.41) is 24.0. The molecular weight excluding hydrogens is 196 g/mol. The number of aryl methyl sites for hydroxylation is 2. The molecule has 0 aromatic carbocycles. The van der Waals surface area contributed by atoms with E-state index in [1.54, 1.807) is 17.2 Å². The van der Waals surface area contributed by atoms with E-state index in [-0.39, 0.29) is 6.61 Å². The fourth-order valence-electron chi connectivity index (χ4n) is 1.34. The Balaban J connectivity index is 1.83. The first kappa shape index (κ1) is 9.78. The van der Waals surface area contributed by atoms with Crippen molar-refractivity contribution in [2.75, 3.05) is 0 Å². The molecule has 2 heterocycles. The highest BCUT2D eigenvalue weighted by atomic mass is 16.3. The number of hydrogen-bond donors (Lipinski definition) is 1. The van der Waals surface area contributed by atoms with Crippen LogP contribution in [0.5, 0.6) is 0 Å². The molecule has 2 rings (SSSR count). The number of aliphatic hydroxyl groups is 1. The first-order valence-electron chi connectivity index (χ1n) is 4.72. The summed E-state index contributed by atoms with van der Waals surface area (Å²) in [4.78, 5) is 0. The fourth-order valence-corrected chi connectivity index (χ4v) is 1.34. The maximum atomic E-state index is 8.94. The van der Waals surface area contributed by atoms with Crippen LogP contribution in [-0.2, 0) is 19.7 Å². The van der Waals surface area contributed by atoms with Crippen molar-refractivity contribution in [1.29, 1.82) is 0 Å². The summed E-state index contributed by atoms with van der Waals surface area (Å²) in [7, 11) is 0. The van der Waals surface area contributed by atoms with E-state index in [0.717, 1.165) is 19.5 Å². The van der Waals surface area contributed by atoms with Crippen LogP contribution in [0, 0.1) is 0 Å². The van der Waals surface area contributed by atoms with Gasteiger partial charge in [0.15, 0.2) is 5.82 Å². The van der Waals surface area contributed by atoms with E-state index in [1.165, 1.54) is 0 Å². The van der Waals surface area contributed by atoms with Crippen LogP contribution in [0.1, 0.15) is 12.2 Å². The van der Waals surface area contributed by atoms with E-state index in [2.05, 4.69) is 20.5 Å². The average molecular weight is 208 g/mol. The highest BCUT2D eigenvalue weighted by molar-refractivity contribution is 4.81. The van der Waals surface area contributed by atoms with Gasteiger partial charge >= 0.3 is 0 Å². The van der Waals surface area contributed by atoms with Gasteiger partial charge in [-0.2, -0.15) is 0 Å². The lowest BCUT2D eigenvalue weighted by Crippen LogP contribution is -2.07. The molecular formula is C8H12N6O. The van der Waals surface area contributed by atoms with E-state index in [4.69, 9.17) is 5.11 Å². The van der Waals surface area contributed by atoms with E-state index in [9.17, 15) is 0 Å². The molecule has 0 atom stereocenters. The largest absolute Gasteiger partial charge is 0.388 e. The van der Waals surface area contributed by atoms with Crippen LogP contribution in [-0.4, -0.2) is 34.9 Å². The van der Waals surface area contributed by atoms with Gasteiger partial charge in [0.2, 0.25) is 0 Å². The van der Waals surface area contributed by atoms with Gasteiger partial charge in [-0.15, -0.1) is 15.3 Å². The summed E-state index contributed by atoms with van der Waals surface area (Å²) in [5.74, 6) is 0.591. The predicted octanol–water partition coefficient (Wildman–Crippen LogP) is -0.548. The summed E-state index contributed by atoms with van der Waals surface area (Å²) < 4.78 is 3.60. The Hall–Kier alpha value is -1.76. The first-order chi connectivity index (χ1) is 7.40. The van der Waals surface area contributed by atoms with Gasteiger partial charge < -0.3 is 9.67 Å². The molecule has 0 aliphatic rings. The van der Waals surface area contributed by atoms with Crippen LogP contribution in [0.2, 0.25) is 0 Å². The summed E-state index contributed by atoms with van der Waals surface area (Å²) in [6.45, 7) is 1.48. The molecule has 0 amide bonds. The van der Waals surface area contributed by atoms with E-state index >= 15 is 0 Å². The maximum Gasteiger partial charge on any atom is 0.158 e. The molecule has 15 heavy (non-hydrogen) atoms. The second kappa shape index (κ2) is 4.65. The molecule has 0 fully saturated rings. The Morgan fingerprint density at radius 2 is 2.20 bits per heavy atom. The van der Waals surface area contributed by atoms with E-state index in [1.807, 2.05) is 10.8 Å². The van der Waals surface area contributed by atoms with Crippen molar-refractivity contribution in [3.63, 3.8) is 0 Å². The molecule has 2 aromatic rings. The average Bonchev–Trinajstić information content (AvgIpc) is 2.88. The molecule has 80 valence electrons. The van der Waals surface area contributed by atoms with E-state index < -0.39 is 0 Å². The molecule has 0 aliphatic heterocycles. The second-order valence-electron chi connectivity index (χ2n) is 3.12. The van der Waals surface area contributed by atoms with Gasteiger partial charge in [-0.05, 0) is 6.42 Å². The van der Waals surface area contributed by atoms with Crippen molar-refractivity contribution >= 4 is 0 Å². The third-order valence-electron chi connectivity index (χ3n) is 2.10. The molecule has 0 saturated carbocycles. The van der Waals surface area contributed by atoms with Crippen LogP contribution in [0.15, 0.2) is 18.7 Å². The lowest BCUT2D eigenvalue weighted by molar-refractivity contribution is 0.263. The predicted molar refractivity (Wildman–Crippen MR) is 50.6 cm³/mol. The zero-order valence-electron chi connectivity index (χ0n) is 8.19. The maximum absolute atomic E-state index is 8.94. The van der Waals surface area contributed by atoms with Gasteiger partial charge in [-0.1, -0.05) is 5.21 Å². The number of rotatable bonds is 5. The summed E-state index contributed by atoms with van der Waals surface area (Å²) in [6.07, 6.45) is 5.98. The zero-order valence-corrected chi connectivity index (χ0v) is 8.19. The highest BCUT2D eigenvalue weighted by Gasteiger charge is 2.01. The summed E-state index contributed by atoms with van der Waals surface area (Å²) >= 11 is 0. The van der Waals surface area contributed by atoms with Gasteiger partial charge in [0.25, 0.3) is 0 Å². The molecule has 0 bridgehead atoms. The molecule has 2 aromatic heterocycles. The molecule has 0 radical (unpaired) electrons. The van der Waals surface area contributed by atoms with Crippen molar-refractivity contribution in [2.24, 2.45) is 0 Å². The van der Waals surface area contributed by atoms with Crippen LogP contribution in [0.25, 0.3) is 0 Å². The monoisotopic (exact) mass is 208 g/mol. The Bertz CT molecular complexity index is 395. The lowest BCUT2D eigenvalue weighted by atomic mass is 10.4. The van der Waals surface area contributed by atoms with Crippen molar-refractivity contribution in [3.8, 4) is 0 Å². The number of aromatic nitrogens is 6. The number of hydrogen-bond acceptors (Lipinski definition) is 5. The third-order valence-corrected chi connectivity index (χ3v) is 2.10. The molecule has 0 saturated heterocycles. The normalized spacial score (nSPS) is 10.7. The zero-order chi connectivity index (χ0) is 10.5. The standard InChI is InChI=1S/C8H12N6O/c15-6-8-11-10-7-13(8)3-1-4-14-5-2-9-12-14/h2,5,7,15H,1,3-4,6H2. The van der Waals surface area contributed by atoms with Gasteiger partial charge in [0.05, 0.1) is 6.20 Å². The molecule has 0 spiro atoms. The minimum atomic E-state index is -0.0800. The summed E-state index contributed by atoms with van der Waals surface area (Å²) in [5.41, 5.74) is 0. The van der Waals surface area contributed by atoms with Gasteiger partial charge in [-0.3, -0.25) is 4.68 Å². The Morgan fingerprint density at radius 1 is 1.27 bits per heavy atom. The molecule has 0 aliphatic carbocycles. The van der Waals surface area contributed by atoms with Gasteiger partial charge in [-0.25, -0.2) is 0 Å². The lowest BCUT2D eigenvalue weighted by Gasteiger charge is -2.04. The van der Waals surface area contributed by atoms with Gasteiger partial charge in [0, 0.05) is 19.3 Å². The summed E-state index contributed by atoms with van der Waals surface area (Å²) in [6, 6.07) is 0. The first-order valence-corrected chi connectivity index (χ1v) is 4.72. The van der Waals surface area contributed by atoms with Crippen molar-refractivity contribution in [3.05, 3.63) is 24.5 Å². The third kappa shape index (κ3) is 2.38. The quantitative estimate of drug-likeness (QED) is 0.713. The van der Waals surface area contributed by atoms with Crippen molar-refractivity contribution in [2.45, 2.75) is 26.1 Å². The number of nitrogens with zero attached hydrogens (tertiary/aromatic N) is 6. The molecule has 0 unspecified atom stereocenters. The van der Waals surface area contributed by atoms with Crippen molar-refractivity contribution < 1.29 is 5.11 Å². The topological polar surface area (TPSA) is 81.7 Å². The minimum absolute atomic E-state index is 0.0800. The Morgan fingerprint density at radius 3 is 2.93 bits per heavy atom. The molecule has 7 heteroatoms. The van der Waals surface area contributed by atoms with Crippen LogP contribution >= 0.6 is 0 Å². The fraction of sp³-hybridized carbons (Fsp3) is 0.500. The van der Waals surface area contributed by atoms with E-state index in [0.29, 0.717) is 5.82 Å². The van der Waals surface area contributed by atoms with Crippen LogP contribution in [0.3, 0.4) is 0 Å². The smallest absolute Gasteiger partial charge is 0.158 e. The second-order valence-corrected chi connectivity index (χ2v) is 3.12. The highest BCUT2D eigenvalue weighted by Crippen LogP contribution is 1.98.